The Kier molecular flexibility index (Phi) is 4.71. The summed E-state index contributed by atoms with van der Waals surface area (Å²) in [6.07, 6.45) is 7.93. The number of nitrogens with one attached hydrogen (secondary N) is 2. The highest BCUT2D eigenvalue weighted by Gasteiger charge is 2.51. The number of rotatable bonds is 4. The number of urea groups is 1. The number of carbonyl (C=O) groups excluding carboxylic acids is 1. The highest BCUT2D eigenvalue weighted by molar-refractivity contribution is 5.88. The molecule has 166 valence electrons. The van der Waals surface area contributed by atoms with Gasteiger partial charge in [-0.15, -0.1) is 0 Å². The SMILES string of the molecule is O=C(Nc1ccn(Cc2c(F)c(F)c(F)c(F)c2F)n1)NC12CC3CC(CC(C3)C1)C2. The zero-order valence-electron chi connectivity index (χ0n) is 16.5. The molecule has 2 amide bonds. The topological polar surface area (TPSA) is 59.0 Å². The Morgan fingerprint density at radius 3 is 2.00 bits per heavy atom. The van der Waals surface area contributed by atoms with Gasteiger partial charge in [0.05, 0.1) is 12.1 Å². The fraction of sp³-hybridized carbons (Fsp3) is 0.524. The smallest absolute Gasteiger partial charge is 0.320 e. The van der Waals surface area contributed by atoms with Crippen molar-refractivity contribution in [3.05, 3.63) is 46.9 Å². The molecule has 4 fully saturated rings. The van der Waals surface area contributed by atoms with Crippen LogP contribution in [-0.4, -0.2) is 21.4 Å². The monoisotopic (exact) mass is 440 g/mol. The van der Waals surface area contributed by atoms with Crippen LogP contribution in [0.15, 0.2) is 12.3 Å². The number of anilines is 1. The number of aromatic nitrogens is 2. The van der Waals surface area contributed by atoms with Crippen LogP contribution in [0.2, 0.25) is 0 Å². The van der Waals surface area contributed by atoms with Crippen molar-refractivity contribution in [3.63, 3.8) is 0 Å². The Morgan fingerprint density at radius 1 is 0.935 bits per heavy atom. The number of hydrogen-bond acceptors (Lipinski definition) is 2. The van der Waals surface area contributed by atoms with E-state index in [1.807, 2.05) is 0 Å². The molecule has 4 bridgehead atoms. The maximum absolute atomic E-state index is 13.9. The molecule has 2 aromatic rings. The number of hydrogen-bond donors (Lipinski definition) is 2. The van der Waals surface area contributed by atoms with Crippen LogP contribution in [0.1, 0.15) is 44.1 Å². The van der Waals surface area contributed by atoms with Gasteiger partial charge in [0, 0.05) is 17.8 Å². The highest BCUT2D eigenvalue weighted by atomic mass is 19.2. The number of halogens is 5. The molecule has 0 atom stereocenters. The summed E-state index contributed by atoms with van der Waals surface area (Å²) >= 11 is 0. The van der Waals surface area contributed by atoms with Crippen molar-refractivity contribution in [1.82, 2.24) is 15.1 Å². The third kappa shape index (κ3) is 3.55. The van der Waals surface area contributed by atoms with E-state index in [0.717, 1.165) is 23.9 Å². The van der Waals surface area contributed by atoms with E-state index < -0.39 is 47.2 Å². The minimum atomic E-state index is -2.21. The minimum absolute atomic E-state index is 0.117. The molecule has 1 heterocycles. The molecule has 0 saturated heterocycles. The second kappa shape index (κ2) is 7.20. The fourth-order valence-electron chi connectivity index (χ4n) is 6.12. The highest BCUT2D eigenvalue weighted by Crippen LogP contribution is 2.55. The third-order valence-corrected chi connectivity index (χ3v) is 6.92. The first-order valence-electron chi connectivity index (χ1n) is 10.4. The van der Waals surface area contributed by atoms with Crippen molar-refractivity contribution in [1.29, 1.82) is 0 Å². The zero-order valence-corrected chi connectivity index (χ0v) is 16.5. The Bertz CT molecular complexity index is 988. The first kappa shape index (κ1) is 20.3. The van der Waals surface area contributed by atoms with E-state index in [2.05, 4.69) is 15.7 Å². The van der Waals surface area contributed by atoms with E-state index in [0.29, 0.717) is 17.8 Å². The van der Waals surface area contributed by atoms with Crippen molar-refractivity contribution in [2.45, 2.75) is 50.6 Å². The number of nitrogens with zero attached hydrogens (tertiary/aromatic N) is 2. The van der Waals surface area contributed by atoms with Crippen molar-refractivity contribution < 1.29 is 26.7 Å². The quantitative estimate of drug-likeness (QED) is 0.411. The molecule has 4 aliphatic carbocycles. The molecule has 4 saturated carbocycles. The Hall–Kier alpha value is -2.65. The lowest BCUT2D eigenvalue weighted by atomic mass is 9.53. The number of carbonyl (C=O) groups is 1. The molecule has 0 radical (unpaired) electrons. The summed E-state index contributed by atoms with van der Waals surface area (Å²) in [7, 11) is 0. The standard InChI is InChI=1S/C21H21F5N4O/c22-15-13(16(23)18(25)19(26)17(15)24)9-30-2-1-14(29-30)27-20(31)28-21-6-10-3-11(7-21)5-12(4-10)8-21/h1-2,10-12H,3-9H2,(H2,27,28,29,31). The summed E-state index contributed by atoms with van der Waals surface area (Å²) in [5.41, 5.74) is -1.19. The first-order valence-corrected chi connectivity index (χ1v) is 10.4. The van der Waals surface area contributed by atoms with E-state index >= 15 is 0 Å². The van der Waals surface area contributed by atoms with Gasteiger partial charge in [-0.3, -0.25) is 10.00 Å². The van der Waals surface area contributed by atoms with Crippen molar-refractivity contribution in [2.75, 3.05) is 5.32 Å². The summed E-state index contributed by atoms with van der Waals surface area (Å²) in [6, 6.07) is 0.981. The van der Waals surface area contributed by atoms with Gasteiger partial charge in [-0.1, -0.05) is 0 Å². The van der Waals surface area contributed by atoms with Crippen LogP contribution in [0.3, 0.4) is 0 Å². The number of benzene rings is 1. The molecule has 4 aliphatic rings. The molecule has 5 nitrogen and oxygen atoms in total. The maximum Gasteiger partial charge on any atom is 0.320 e. The van der Waals surface area contributed by atoms with Gasteiger partial charge in [-0.05, 0) is 56.3 Å². The van der Waals surface area contributed by atoms with Gasteiger partial charge in [0.2, 0.25) is 5.82 Å². The lowest BCUT2D eigenvalue weighted by Gasteiger charge is -2.56. The predicted octanol–water partition coefficient (Wildman–Crippen LogP) is 4.72. The van der Waals surface area contributed by atoms with Crippen molar-refractivity contribution in [3.8, 4) is 0 Å². The molecule has 0 aliphatic heterocycles. The van der Waals surface area contributed by atoms with Gasteiger partial charge in [0.25, 0.3) is 0 Å². The average molecular weight is 440 g/mol. The van der Waals surface area contributed by atoms with E-state index in [9.17, 15) is 26.7 Å². The van der Waals surface area contributed by atoms with Crippen molar-refractivity contribution in [2.24, 2.45) is 17.8 Å². The predicted molar refractivity (Wildman–Crippen MR) is 101 cm³/mol. The van der Waals surface area contributed by atoms with E-state index in [1.165, 1.54) is 31.5 Å². The van der Waals surface area contributed by atoms with Crippen LogP contribution in [0.4, 0.5) is 32.6 Å². The summed E-state index contributed by atoms with van der Waals surface area (Å²) in [4.78, 5) is 12.6. The van der Waals surface area contributed by atoms with Crippen LogP contribution >= 0.6 is 0 Å². The van der Waals surface area contributed by atoms with Crippen LogP contribution in [0, 0.1) is 46.8 Å². The summed E-state index contributed by atoms with van der Waals surface area (Å²) in [5.74, 6) is -7.93. The molecular formula is C21H21F5N4O. The Labute approximate surface area is 175 Å². The lowest BCUT2D eigenvalue weighted by molar-refractivity contribution is -0.0127. The molecule has 31 heavy (non-hydrogen) atoms. The summed E-state index contributed by atoms with van der Waals surface area (Å²) < 4.78 is 68.7. The minimum Gasteiger partial charge on any atom is -0.332 e. The molecular weight excluding hydrogens is 419 g/mol. The van der Waals surface area contributed by atoms with Gasteiger partial charge in [-0.2, -0.15) is 5.10 Å². The molecule has 2 N–H and O–H groups in total. The van der Waals surface area contributed by atoms with Crippen LogP contribution in [-0.2, 0) is 6.54 Å². The lowest BCUT2D eigenvalue weighted by Crippen LogP contribution is -2.60. The first-order chi connectivity index (χ1) is 14.7. The maximum atomic E-state index is 13.9. The van der Waals surface area contributed by atoms with E-state index in [1.54, 1.807) is 0 Å². The van der Waals surface area contributed by atoms with Crippen molar-refractivity contribution >= 4 is 11.8 Å². The molecule has 0 spiro atoms. The Morgan fingerprint density at radius 2 is 1.45 bits per heavy atom. The van der Waals surface area contributed by atoms with Gasteiger partial charge < -0.3 is 5.32 Å². The fourth-order valence-corrected chi connectivity index (χ4v) is 6.12. The van der Waals surface area contributed by atoms with Gasteiger partial charge in [0.1, 0.15) is 0 Å². The summed E-state index contributed by atoms with van der Waals surface area (Å²) in [5, 5.41) is 9.69. The zero-order chi connectivity index (χ0) is 21.9. The van der Waals surface area contributed by atoms with Crippen LogP contribution in [0.25, 0.3) is 0 Å². The average Bonchev–Trinajstić information content (AvgIpc) is 3.13. The van der Waals surface area contributed by atoms with Gasteiger partial charge >= 0.3 is 6.03 Å². The van der Waals surface area contributed by atoms with E-state index in [-0.39, 0.29) is 11.4 Å². The molecule has 6 rings (SSSR count). The second-order valence-electron chi connectivity index (χ2n) is 9.22. The normalized spacial score (nSPS) is 28.7. The molecule has 0 unspecified atom stereocenters. The van der Waals surface area contributed by atoms with E-state index in [4.69, 9.17) is 0 Å². The molecule has 1 aromatic heterocycles. The third-order valence-electron chi connectivity index (χ3n) is 6.92. The molecule has 1 aromatic carbocycles. The van der Waals surface area contributed by atoms with Crippen LogP contribution < -0.4 is 10.6 Å². The number of amides is 2. The Balaban J connectivity index is 1.26. The largest absolute Gasteiger partial charge is 0.332 e. The molecule has 10 heteroatoms. The van der Waals surface area contributed by atoms with Crippen LogP contribution in [0.5, 0.6) is 0 Å². The summed E-state index contributed by atoms with van der Waals surface area (Å²) in [6.45, 7) is -0.677. The second-order valence-corrected chi connectivity index (χ2v) is 9.22. The van der Waals surface area contributed by atoms with Gasteiger partial charge in [-0.25, -0.2) is 26.7 Å². The van der Waals surface area contributed by atoms with Gasteiger partial charge in [0.15, 0.2) is 29.1 Å².